The quantitative estimate of drug-likeness (QED) is 0.0827. The predicted molar refractivity (Wildman–Crippen MR) is 160 cm³/mol. The largest absolute Gasteiger partial charge is 0.463 e. The zero-order chi connectivity index (χ0) is 29.3. The van der Waals surface area contributed by atoms with Gasteiger partial charge in [0.25, 0.3) is 0 Å². The molecule has 0 radical (unpaired) electrons. The Kier molecular flexibility index (Phi) is 15.9. The van der Waals surface area contributed by atoms with Crippen molar-refractivity contribution >= 4 is 11.8 Å². The highest BCUT2D eigenvalue weighted by atomic mass is 16.7. The Morgan fingerprint density at radius 2 is 1.76 bits per heavy atom. The molecule has 1 unspecified atom stereocenters. The lowest BCUT2D eigenvalue weighted by Crippen LogP contribution is -2.35. The summed E-state index contributed by atoms with van der Waals surface area (Å²) >= 11 is 0. The molecule has 0 bridgehead atoms. The van der Waals surface area contributed by atoms with Gasteiger partial charge >= 0.3 is 5.97 Å². The van der Waals surface area contributed by atoms with Gasteiger partial charge in [-0.15, -0.1) is 0 Å². The molecule has 3 fully saturated rings. The molecule has 1 saturated carbocycles. The number of hydrogen-bond donors (Lipinski definition) is 0. The van der Waals surface area contributed by atoms with E-state index in [2.05, 4.69) is 19.1 Å². The Labute approximate surface area is 249 Å². The summed E-state index contributed by atoms with van der Waals surface area (Å²) < 4.78 is 30.0. The van der Waals surface area contributed by atoms with E-state index in [1.807, 2.05) is 13.8 Å². The lowest BCUT2D eigenvalue weighted by Gasteiger charge is -2.33. The molecule has 4 atom stereocenters. The Morgan fingerprint density at radius 3 is 2.49 bits per heavy atom. The van der Waals surface area contributed by atoms with Crippen LogP contribution < -0.4 is 0 Å². The number of allylic oxidation sites excluding steroid dienone is 2. The summed E-state index contributed by atoms with van der Waals surface area (Å²) in [4.78, 5) is 25.0. The number of ketones is 1. The van der Waals surface area contributed by atoms with E-state index in [0.717, 1.165) is 83.7 Å². The molecule has 41 heavy (non-hydrogen) atoms. The van der Waals surface area contributed by atoms with Crippen LogP contribution in [0.4, 0.5) is 0 Å². The number of esters is 1. The molecule has 1 aliphatic carbocycles. The van der Waals surface area contributed by atoms with Gasteiger partial charge in [0.15, 0.2) is 12.1 Å². The molecule has 0 aromatic carbocycles. The fourth-order valence-corrected chi connectivity index (χ4v) is 6.54. The first kappa shape index (κ1) is 34.2. The third-order valence-corrected chi connectivity index (χ3v) is 8.78. The first-order valence-corrected chi connectivity index (χ1v) is 16.8. The van der Waals surface area contributed by atoms with E-state index < -0.39 is 5.79 Å². The summed E-state index contributed by atoms with van der Waals surface area (Å²) in [5.41, 5.74) is 0. The third kappa shape index (κ3) is 12.5. The number of carbonyl (C=O) groups excluding carboxylic acids is 2. The van der Waals surface area contributed by atoms with Crippen molar-refractivity contribution in [2.24, 2.45) is 11.8 Å². The maximum absolute atomic E-state index is 13.3. The summed E-state index contributed by atoms with van der Waals surface area (Å²) in [7, 11) is 0. The first-order valence-electron chi connectivity index (χ1n) is 16.8. The monoisotopic (exact) mass is 578 g/mol. The molecule has 7 nitrogen and oxygen atoms in total. The Bertz CT molecular complexity index is 767. The van der Waals surface area contributed by atoms with Crippen LogP contribution in [0, 0.1) is 11.8 Å². The van der Waals surface area contributed by atoms with Crippen molar-refractivity contribution in [1.82, 2.24) is 0 Å². The maximum atomic E-state index is 13.3. The highest BCUT2D eigenvalue weighted by Crippen LogP contribution is 2.42. The van der Waals surface area contributed by atoms with E-state index in [1.54, 1.807) is 0 Å². The van der Waals surface area contributed by atoms with E-state index in [4.69, 9.17) is 23.7 Å². The Hall–Kier alpha value is -1.28. The minimum atomic E-state index is -0.508. The van der Waals surface area contributed by atoms with Crippen molar-refractivity contribution < 1.29 is 33.3 Å². The molecule has 0 aromatic heterocycles. The van der Waals surface area contributed by atoms with Crippen LogP contribution in [0.1, 0.15) is 136 Å². The van der Waals surface area contributed by atoms with Gasteiger partial charge < -0.3 is 23.7 Å². The first-order chi connectivity index (χ1) is 19.9. The molecule has 0 spiro atoms. The van der Waals surface area contributed by atoms with Crippen molar-refractivity contribution in [2.45, 2.75) is 161 Å². The maximum Gasteiger partial charge on any atom is 0.306 e. The standard InChI is InChI=1S/C34H58O7/c1-4-5-6-11-15-21-34(38-24-25-39-34)22-20-29-28(30(35)26-31(29)41-33-19-14-16-23-37-33)17-12-9-7-8-10-13-18-32(36)40-27(2)3/h9,12,27-29,31,33H,4-8,10-11,13-26H2,1-3H3/b12-9-/t28-,29-,31-,33?/m1/s1. The Morgan fingerprint density at radius 1 is 0.976 bits per heavy atom. The fourth-order valence-electron chi connectivity index (χ4n) is 6.54. The van der Waals surface area contributed by atoms with Crippen LogP contribution in [-0.4, -0.2) is 55.9 Å². The number of rotatable bonds is 20. The summed E-state index contributed by atoms with van der Waals surface area (Å²) in [6, 6.07) is 0. The second-order valence-corrected chi connectivity index (χ2v) is 12.6. The van der Waals surface area contributed by atoms with Gasteiger partial charge in [0.1, 0.15) is 5.78 Å². The predicted octanol–water partition coefficient (Wildman–Crippen LogP) is 7.84. The molecular weight excluding hydrogens is 520 g/mol. The number of hydrogen-bond acceptors (Lipinski definition) is 7. The highest BCUT2D eigenvalue weighted by molar-refractivity contribution is 5.84. The Balaban J connectivity index is 1.51. The van der Waals surface area contributed by atoms with Gasteiger partial charge in [0.05, 0.1) is 25.4 Å². The summed E-state index contributed by atoms with van der Waals surface area (Å²) in [6.45, 7) is 8.04. The van der Waals surface area contributed by atoms with E-state index in [1.165, 1.54) is 25.7 Å². The number of unbranched alkanes of at least 4 members (excludes halogenated alkanes) is 7. The molecule has 2 heterocycles. The fraction of sp³-hybridized carbons (Fsp3) is 0.882. The SMILES string of the molecule is CCCCCCCC1(CC[C@H]2[C@H](OC3CCCCO3)CC(=O)[C@@H]2C/C=C\CCCCCC(=O)OC(C)C)OCCO1. The molecule has 2 saturated heterocycles. The average molecular weight is 579 g/mol. The minimum absolute atomic E-state index is 0.0337. The zero-order valence-electron chi connectivity index (χ0n) is 26.2. The van der Waals surface area contributed by atoms with Gasteiger partial charge in [-0.05, 0) is 77.6 Å². The second kappa shape index (κ2) is 19.1. The van der Waals surface area contributed by atoms with E-state index >= 15 is 0 Å². The minimum Gasteiger partial charge on any atom is -0.463 e. The number of ether oxygens (including phenoxy) is 5. The number of Topliss-reactive ketones (excluding diaryl/α,β-unsaturated/α-hetero) is 1. The van der Waals surface area contributed by atoms with Crippen LogP contribution in [0.2, 0.25) is 0 Å². The van der Waals surface area contributed by atoms with Crippen LogP contribution >= 0.6 is 0 Å². The molecule has 2 aliphatic heterocycles. The lowest BCUT2D eigenvalue weighted by molar-refractivity contribution is -0.201. The molecule has 0 aromatic rings. The van der Waals surface area contributed by atoms with Crippen molar-refractivity contribution in [3.63, 3.8) is 0 Å². The van der Waals surface area contributed by atoms with Gasteiger partial charge in [-0.2, -0.15) is 0 Å². The van der Waals surface area contributed by atoms with Crippen molar-refractivity contribution in [2.75, 3.05) is 19.8 Å². The van der Waals surface area contributed by atoms with Crippen LogP contribution in [0.25, 0.3) is 0 Å². The molecular formula is C34H58O7. The molecule has 3 rings (SSSR count). The summed E-state index contributed by atoms with van der Waals surface area (Å²) in [6.07, 6.45) is 21.4. The van der Waals surface area contributed by atoms with Crippen LogP contribution in [0.3, 0.4) is 0 Å². The molecule has 3 aliphatic rings. The second-order valence-electron chi connectivity index (χ2n) is 12.6. The van der Waals surface area contributed by atoms with E-state index in [0.29, 0.717) is 31.8 Å². The van der Waals surface area contributed by atoms with Crippen molar-refractivity contribution in [3.05, 3.63) is 12.2 Å². The lowest BCUT2D eigenvalue weighted by atomic mass is 9.85. The smallest absolute Gasteiger partial charge is 0.306 e. The van der Waals surface area contributed by atoms with E-state index in [9.17, 15) is 9.59 Å². The zero-order valence-corrected chi connectivity index (χ0v) is 26.2. The topological polar surface area (TPSA) is 80.3 Å². The van der Waals surface area contributed by atoms with Crippen molar-refractivity contribution in [3.8, 4) is 0 Å². The van der Waals surface area contributed by atoms with Gasteiger partial charge in [-0.1, -0.05) is 51.2 Å². The van der Waals surface area contributed by atoms with E-state index in [-0.39, 0.29) is 36.3 Å². The van der Waals surface area contributed by atoms with Gasteiger partial charge in [-0.3, -0.25) is 9.59 Å². The molecule has 0 N–H and O–H groups in total. The number of carbonyl (C=O) groups is 2. The summed E-state index contributed by atoms with van der Waals surface area (Å²) in [5.74, 6) is -0.191. The van der Waals surface area contributed by atoms with Gasteiger partial charge in [-0.25, -0.2) is 0 Å². The molecule has 236 valence electrons. The van der Waals surface area contributed by atoms with Crippen LogP contribution in [0.5, 0.6) is 0 Å². The highest BCUT2D eigenvalue weighted by Gasteiger charge is 2.45. The summed E-state index contributed by atoms with van der Waals surface area (Å²) in [5, 5.41) is 0. The normalized spacial score (nSPS) is 26.4. The van der Waals surface area contributed by atoms with Gasteiger partial charge in [0, 0.05) is 38.2 Å². The van der Waals surface area contributed by atoms with Crippen molar-refractivity contribution in [1.29, 1.82) is 0 Å². The molecule has 7 heteroatoms. The van der Waals surface area contributed by atoms with Gasteiger partial charge in [0.2, 0.25) is 0 Å². The third-order valence-electron chi connectivity index (χ3n) is 8.78. The molecule has 0 amide bonds. The van der Waals surface area contributed by atoms with Crippen LogP contribution in [0.15, 0.2) is 12.2 Å². The van der Waals surface area contributed by atoms with Crippen LogP contribution in [-0.2, 0) is 33.3 Å². The average Bonchev–Trinajstić information content (AvgIpc) is 3.53.